The third-order valence-electron chi connectivity index (χ3n) is 6.40. The zero-order valence-corrected chi connectivity index (χ0v) is 20.5. The Hall–Kier alpha value is -3.66. The molecule has 0 N–H and O–H groups in total. The summed E-state index contributed by atoms with van der Waals surface area (Å²) in [7, 11) is 2.83. The summed E-state index contributed by atoms with van der Waals surface area (Å²) in [5.41, 5.74) is -0.590. The number of benzene rings is 1. The van der Waals surface area contributed by atoms with Gasteiger partial charge in [-0.15, -0.1) is 0 Å². The van der Waals surface area contributed by atoms with Crippen molar-refractivity contribution in [3.8, 4) is 17.2 Å². The van der Waals surface area contributed by atoms with E-state index in [0.717, 1.165) is 0 Å². The van der Waals surface area contributed by atoms with Gasteiger partial charge in [0, 0.05) is 36.2 Å². The number of rotatable bonds is 6. The standard InChI is InChI=1S/C24H23ClN2O8/c1-11-9-26-15(13(3)21(11)27(30)31)10-34-18-7-14(28)6-12(2)24(18)23(29)19-16(32-4)8-17(33-5)20(25)22(19)35-24/h7-9,12H,6,10H2,1-5H3/t12-,24+/m1/s1. The molecule has 11 heteroatoms. The second kappa shape index (κ2) is 8.84. The molecule has 0 radical (unpaired) electrons. The van der Waals surface area contributed by atoms with Crippen molar-refractivity contribution in [3.05, 3.63) is 61.6 Å². The highest BCUT2D eigenvalue weighted by Gasteiger charge is 2.60. The molecule has 0 fully saturated rings. The normalized spacial score (nSPS) is 20.9. The summed E-state index contributed by atoms with van der Waals surface area (Å²) in [6.07, 6.45) is 2.64. The van der Waals surface area contributed by atoms with Gasteiger partial charge in [-0.3, -0.25) is 24.7 Å². The number of aromatic nitrogens is 1. The molecule has 1 aromatic heterocycles. The maximum absolute atomic E-state index is 13.9. The molecule has 0 unspecified atom stereocenters. The molecule has 2 heterocycles. The minimum Gasteiger partial charge on any atom is -0.496 e. The van der Waals surface area contributed by atoms with Gasteiger partial charge in [-0.1, -0.05) is 18.5 Å². The molecule has 1 aliphatic carbocycles. The Balaban J connectivity index is 1.78. The molecule has 184 valence electrons. The van der Waals surface area contributed by atoms with Crippen LogP contribution in [0.1, 0.15) is 40.5 Å². The first-order valence-corrected chi connectivity index (χ1v) is 11.1. The molecule has 10 nitrogen and oxygen atoms in total. The van der Waals surface area contributed by atoms with Crippen LogP contribution in [0.5, 0.6) is 17.2 Å². The summed E-state index contributed by atoms with van der Waals surface area (Å²) in [6.45, 7) is 4.65. The van der Waals surface area contributed by atoms with Gasteiger partial charge >= 0.3 is 0 Å². The van der Waals surface area contributed by atoms with Crippen molar-refractivity contribution < 1.29 is 33.5 Å². The number of halogens is 1. The molecule has 35 heavy (non-hydrogen) atoms. The lowest BCUT2D eigenvalue weighted by Crippen LogP contribution is -2.51. The number of allylic oxidation sites excluding steroid dienone is 1. The van der Waals surface area contributed by atoms with Crippen LogP contribution < -0.4 is 14.2 Å². The lowest BCUT2D eigenvalue weighted by atomic mass is 9.75. The van der Waals surface area contributed by atoms with E-state index >= 15 is 0 Å². The highest BCUT2D eigenvalue weighted by Crippen LogP contribution is 2.54. The fourth-order valence-electron chi connectivity index (χ4n) is 4.58. The lowest BCUT2D eigenvalue weighted by molar-refractivity contribution is -0.386. The number of nitrogens with zero attached hydrogens (tertiary/aromatic N) is 2. The summed E-state index contributed by atoms with van der Waals surface area (Å²) in [6, 6.07) is 1.49. The summed E-state index contributed by atoms with van der Waals surface area (Å²) in [5.74, 6) is -0.820. The van der Waals surface area contributed by atoms with Gasteiger partial charge in [-0.25, -0.2) is 0 Å². The Kier molecular flexibility index (Phi) is 6.18. The van der Waals surface area contributed by atoms with Crippen molar-refractivity contribution in [2.24, 2.45) is 5.92 Å². The van der Waals surface area contributed by atoms with E-state index < -0.39 is 22.2 Å². The van der Waals surface area contributed by atoms with Crippen molar-refractivity contribution in [2.45, 2.75) is 39.4 Å². The number of methoxy groups -OCH3 is 2. The average molecular weight is 503 g/mol. The molecule has 0 amide bonds. The molecule has 2 atom stereocenters. The number of carbonyl (C=O) groups excluding carboxylic acids is 2. The number of hydrogen-bond donors (Lipinski definition) is 0. The van der Waals surface area contributed by atoms with E-state index in [-0.39, 0.29) is 58.1 Å². The molecular formula is C24H23ClN2O8. The maximum atomic E-state index is 13.9. The first-order valence-electron chi connectivity index (χ1n) is 10.7. The third-order valence-corrected chi connectivity index (χ3v) is 6.76. The first-order chi connectivity index (χ1) is 16.6. The molecule has 0 saturated carbocycles. The van der Waals surface area contributed by atoms with Crippen LogP contribution in [-0.4, -0.2) is 41.3 Å². The Labute approximate surface area is 205 Å². The number of Topliss-reactive ketones (excluding diaryl/α,β-unsaturated/α-hetero) is 1. The van der Waals surface area contributed by atoms with Crippen LogP contribution in [-0.2, 0) is 16.1 Å². The van der Waals surface area contributed by atoms with E-state index in [1.807, 2.05) is 0 Å². The predicted molar refractivity (Wildman–Crippen MR) is 124 cm³/mol. The molecule has 0 bridgehead atoms. The molecule has 1 aromatic carbocycles. The van der Waals surface area contributed by atoms with Gasteiger partial charge in [0.15, 0.2) is 17.3 Å². The summed E-state index contributed by atoms with van der Waals surface area (Å²) >= 11 is 6.47. The molecule has 2 aliphatic rings. The monoisotopic (exact) mass is 502 g/mol. The Bertz CT molecular complexity index is 1310. The first kappa shape index (κ1) is 24.5. The number of nitro groups is 1. The Morgan fingerprint density at radius 3 is 2.57 bits per heavy atom. The second-order valence-corrected chi connectivity index (χ2v) is 8.83. The summed E-state index contributed by atoms with van der Waals surface area (Å²) in [5, 5.41) is 11.6. The van der Waals surface area contributed by atoms with E-state index in [4.69, 9.17) is 30.5 Å². The van der Waals surface area contributed by atoms with Gasteiger partial charge in [0.25, 0.3) is 5.69 Å². The zero-order valence-electron chi connectivity index (χ0n) is 19.8. The Morgan fingerprint density at radius 2 is 1.94 bits per heavy atom. The van der Waals surface area contributed by atoms with Crippen molar-refractivity contribution in [1.82, 2.24) is 4.98 Å². The van der Waals surface area contributed by atoms with Crippen LogP contribution in [0.25, 0.3) is 0 Å². The number of pyridine rings is 1. The fourth-order valence-corrected chi connectivity index (χ4v) is 4.84. The predicted octanol–water partition coefficient (Wildman–Crippen LogP) is 4.30. The van der Waals surface area contributed by atoms with Gasteiger partial charge in [0.1, 0.15) is 28.7 Å². The summed E-state index contributed by atoms with van der Waals surface area (Å²) < 4.78 is 22.9. The van der Waals surface area contributed by atoms with Gasteiger partial charge in [-0.05, 0) is 13.8 Å². The molecule has 0 saturated heterocycles. The number of fused-ring (bicyclic) bond motifs is 1. The SMILES string of the molecule is COc1cc(OC)c2c(c1Cl)O[C@]1(C2=O)C(OCc2ncc(C)c([N+](=O)[O-])c2C)=CC(=O)C[C@H]1C. The van der Waals surface area contributed by atoms with Crippen LogP contribution in [0, 0.1) is 29.9 Å². The largest absolute Gasteiger partial charge is 0.496 e. The van der Waals surface area contributed by atoms with Gasteiger partial charge in [-0.2, -0.15) is 0 Å². The third kappa shape index (κ3) is 3.68. The van der Waals surface area contributed by atoms with E-state index in [1.165, 1.54) is 32.6 Å². The quantitative estimate of drug-likeness (QED) is 0.419. The van der Waals surface area contributed by atoms with Crippen LogP contribution in [0.4, 0.5) is 5.69 Å². The fraction of sp³-hybridized carbons (Fsp3) is 0.375. The zero-order chi connectivity index (χ0) is 25.7. The maximum Gasteiger partial charge on any atom is 0.278 e. The van der Waals surface area contributed by atoms with Crippen LogP contribution in [0.3, 0.4) is 0 Å². The van der Waals surface area contributed by atoms with Gasteiger partial charge < -0.3 is 18.9 Å². The van der Waals surface area contributed by atoms with Gasteiger partial charge in [0.2, 0.25) is 11.4 Å². The summed E-state index contributed by atoms with van der Waals surface area (Å²) in [4.78, 5) is 41.6. The Morgan fingerprint density at radius 1 is 1.26 bits per heavy atom. The van der Waals surface area contributed by atoms with E-state index in [1.54, 1.807) is 20.8 Å². The molecule has 1 spiro atoms. The number of carbonyl (C=O) groups is 2. The van der Waals surface area contributed by atoms with Crippen molar-refractivity contribution >= 4 is 28.9 Å². The topological polar surface area (TPSA) is 127 Å². The molecule has 2 aromatic rings. The van der Waals surface area contributed by atoms with E-state index in [2.05, 4.69) is 4.98 Å². The van der Waals surface area contributed by atoms with Crippen molar-refractivity contribution in [3.63, 3.8) is 0 Å². The van der Waals surface area contributed by atoms with Gasteiger partial charge in [0.05, 0.1) is 30.4 Å². The second-order valence-electron chi connectivity index (χ2n) is 8.45. The van der Waals surface area contributed by atoms with Crippen LogP contribution in [0.2, 0.25) is 5.02 Å². The lowest BCUT2D eigenvalue weighted by Gasteiger charge is -2.37. The minimum atomic E-state index is -1.68. The van der Waals surface area contributed by atoms with Crippen molar-refractivity contribution in [1.29, 1.82) is 0 Å². The van der Waals surface area contributed by atoms with Crippen LogP contribution in [0.15, 0.2) is 24.1 Å². The number of ether oxygens (including phenoxy) is 4. The number of hydrogen-bond acceptors (Lipinski definition) is 9. The van der Waals surface area contributed by atoms with E-state index in [9.17, 15) is 19.7 Å². The number of ketones is 2. The average Bonchev–Trinajstić information content (AvgIpc) is 3.11. The molecule has 4 rings (SSSR count). The minimum absolute atomic E-state index is 0.0241. The highest BCUT2D eigenvalue weighted by molar-refractivity contribution is 6.35. The number of aryl methyl sites for hydroxylation is 1. The molecule has 1 aliphatic heterocycles. The molecular weight excluding hydrogens is 480 g/mol. The smallest absolute Gasteiger partial charge is 0.278 e. The van der Waals surface area contributed by atoms with Crippen molar-refractivity contribution in [2.75, 3.05) is 14.2 Å². The van der Waals surface area contributed by atoms with E-state index in [0.29, 0.717) is 16.8 Å². The highest BCUT2D eigenvalue weighted by atomic mass is 35.5. The van der Waals surface area contributed by atoms with Crippen LogP contribution >= 0.6 is 11.6 Å².